The van der Waals surface area contributed by atoms with Crippen LogP contribution in [-0.4, -0.2) is 52.5 Å². The van der Waals surface area contributed by atoms with Crippen LogP contribution in [-0.2, 0) is 4.74 Å². The van der Waals surface area contributed by atoms with Crippen LogP contribution in [0, 0.1) is 0 Å². The molecule has 2 heterocycles. The van der Waals surface area contributed by atoms with Gasteiger partial charge in [-0.05, 0) is 6.92 Å². The van der Waals surface area contributed by atoms with Gasteiger partial charge >= 0.3 is 5.97 Å². The normalized spacial score (nSPS) is 18.6. The van der Waals surface area contributed by atoms with Crippen LogP contribution in [0.15, 0.2) is 5.38 Å². The lowest BCUT2D eigenvalue weighted by Crippen LogP contribution is -2.33. The zero-order valence-corrected chi connectivity index (χ0v) is 13.5. The van der Waals surface area contributed by atoms with Crippen molar-refractivity contribution in [1.29, 1.82) is 0 Å². The number of hydrogen-bond donors (Lipinski definition) is 1. The molecule has 0 saturated carbocycles. The second-order valence-electron chi connectivity index (χ2n) is 4.04. The number of amides is 1. The monoisotopic (exact) mass is 332 g/mol. The van der Waals surface area contributed by atoms with Crippen LogP contribution < -0.4 is 5.32 Å². The average molecular weight is 332 g/mol. The number of hydrogen-bond acceptors (Lipinski definition) is 7. The molecule has 8 heteroatoms. The molecular weight excluding hydrogens is 316 g/mol. The summed E-state index contributed by atoms with van der Waals surface area (Å²) < 4.78 is 4.85. The maximum absolute atomic E-state index is 11.9. The van der Waals surface area contributed by atoms with Gasteiger partial charge in [-0.15, -0.1) is 11.3 Å². The van der Waals surface area contributed by atoms with Crippen LogP contribution in [0.25, 0.3) is 0 Å². The molecule has 2 rings (SSSR count). The lowest BCUT2D eigenvalue weighted by Gasteiger charge is -2.20. The molecule has 0 aromatic carbocycles. The topological polar surface area (TPSA) is 68.3 Å². The Labute approximate surface area is 130 Å². The molecule has 5 nitrogen and oxygen atoms in total. The predicted molar refractivity (Wildman–Crippen MR) is 84.0 cm³/mol. The van der Waals surface area contributed by atoms with Crippen LogP contribution in [0.5, 0.6) is 0 Å². The first kappa shape index (κ1) is 15.7. The summed E-state index contributed by atoms with van der Waals surface area (Å²) in [7, 11) is 0. The Morgan fingerprint density at radius 3 is 3.05 bits per heavy atom. The minimum absolute atomic E-state index is 0.222. The van der Waals surface area contributed by atoms with Gasteiger partial charge in [-0.1, -0.05) is 0 Å². The van der Waals surface area contributed by atoms with Gasteiger partial charge in [-0.2, -0.15) is 23.5 Å². The fourth-order valence-electron chi connectivity index (χ4n) is 1.62. The molecular formula is C12H16N2O3S3. The molecule has 0 spiro atoms. The number of nitrogens with one attached hydrogen (secondary N) is 1. The lowest BCUT2D eigenvalue weighted by molar-refractivity contribution is 0.0526. The Balaban J connectivity index is 1.84. The van der Waals surface area contributed by atoms with Crippen LogP contribution in [0.2, 0.25) is 0 Å². The second kappa shape index (κ2) is 7.90. The summed E-state index contributed by atoms with van der Waals surface area (Å²) in [6.07, 6.45) is 0. The quantitative estimate of drug-likeness (QED) is 0.831. The van der Waals surface area contributed by atoms with Crippen LogP contribution >= 0.6 is 34.9 Å². The third kappa shape index (κ3) is 4.39. The number of nitrogens with zero attached hydrogens (tertiary/aromatic N) is 1. The molecule has 1 atom stereocenters. The van der Waals surface area contributed by atoms with Gasteiger partial charge in [0.2, 0.25) is 5.01 Å². The molecule has 0 aliphatic carbocycles. The Hall–Kier alpha value is -0.730. The van der Waals surface area contributed by atoms with Crippen molar-refractivity contribution in [3.8, 4) is 0 Å². The van der Waals surface area contributed by atoms with Gasteiger partial charge < -0.3 is 10.1 Å². The summed E-state index contributed by atoms with van der Waals surface area (Å²) in [5.74, 6) is 2.68. The Kier molecular flexibility index (Phi) is 6.18. The van der Waals surface area contributed by atoms with Gasteiger partial charge in [0.25, 0.3) is 5.91 Å². The molecule has 20 heavy (non-hydrogen) atoms. The van der Waals surface area contributed by atoms with E-state index in [1.807, 2.05) is 23.5 Å². The Morgan fingerprint density at radius 2 is 2.35 bits per heavy atom. The van der Waals surface area contributed by atoms with Crippen molar-refractivity contribution < 1.29 is 14.3 Å². The van der Waals surface area contributed by atoms with Gasteiger partial charge in [-0.25, -0.2) is 9.78 Å². The van der Waals surface area contributed by atoms with E-state index in [4.69, 9.17) is 4.74 Å². The predicted octanol–water partition coefficient (Wildman–Crippen LogP) is 1.90. The van der Waals surface area contributed by atoms with Crippen LogP contribution in [0.3, 0.4) is 0 Å². The third-order valence-electron chi connectivity index (χ3n) is 2.56. The summed E-state index contributed by atoms with van der Waals surface area (Å²) in [4.78, 5) is 27.4. The van der Waals surface area contributed by atoms with E-state index >= 15 is 0 Å². The molecule has 1 aliphatic heterocycles. The highest BCUT2D eigenvalue weighted by atomic mass is 32.2. The van der Waals surface area contributed by atoms with Crippen molar-refractivity contribution in [3.05, 3.63) is 16.1 Å². The van der Waals surface area contributed by atoms with Crippen molar-refractivity contribution in [2.24, 2.45) is 0 Å². The minimum atomic E-state index is -0.476. The number of rotatable bonds is 5. The largest absolute Gasteiger partial charge is 0.461 e. The molecule has 0 radical (unpaired) electrons. The number of thioether (sulfide) groups is 2. The molecule has 1 amide bonds. The molecule has 1 saturated heterocycles. The summed E-state index contributed by atoms with van der Waals surface area (Å²) in [5.41, 5.74) is 0.284. The maximum atomic E-state index is 11.9. The highest BCUT2D eigenvalue weighted by Crippen LogP contribution is 2.23. The average Bonchev–Trinajstić information content (AvgIpc) is 2.96. The van der Waals surface area contributed by atoms with Crippen molar-refractivity contribution in [2.45, 2.75) is 12.2 Å². The van der Waals surface area contributed by atoms with E-state index in [9.17, 15) is 9.59 Å². The van der Waals surface area contributed by atoms with E-state index in [2.05, 4.69) is 10.3 Å². The summed E-state index contributed by atoms with van der Waals surface area (Å²) in [6, 6.07) is 0. The number of aromatic nitrogens is 1. The fraction of sp³-hybridized carbons (Fsp3) is 0.583. The van der Waals surface area contributed by atoms with Crippen molar-refractivity contribution >= 4 is 46.7 Å². The molecule has 110 valence electrons. The SMILES string of the molecule is CCOC(=O)c1nc(C(=O)NCC2CSCCS2)cs1. The highest BCUT2D eigenvalue weighted by Gasteiger charge is 2.18. The van der Waals surface area contributed by atoms with E-state index in [1.54, 1.807) is 12.3 Å². The first-order chi connectivity index (χ1) is 9.70. The zero-order chi connectivity index (χ0) is 14.4. The summed E-state index contributed by atoms with van der Waals surface area (Å²) in [6.45, 7) is 2.68. The Morgan fingerprint density at radius 1 is 1.50 bits per heavy atom. The van der Waals surface area contributed by atoms with Gasteiger partial charge in [0.1, 0.15) is 5.69 Å². The molecule has 1 fully saturated rings. The second-order valence-corrected chi connectivity index (χ2v) is 7.45. The third-order valence-corrected chi connectivity index (χ3v) is 6.23. The van der Waals surface area contributed by atoms with E-state index < -0.39 is 5.97 Å². The first-order valence-corrected chi connectivity index (χ1v) is 9.39. The molecule has 0 bridgehead atoms. The highest BCUT2D eigenvalue weighted by molar-refractivity contribution is 8.06. The zero-order valence-electron chi connectivity index (χ0n) is 11.1. The number of carbonyl (C=O) groups is 2. The lowest BCUT2D eigenvalue weighted by atomic mass is 10.4. The maximum Gasteiger partial charge on any atom is 0.367 e. The molecule has 1 aliphatic rings. The standard InChI is InChI=1S/C12H16N2O3S3/c1-2-17-12(16)11-14-9(7-20-11)10(15)13-5-8-6-18-3-4-19-8/h7-8H,2-6H2,1H3,(H,13,15). The molecule has 1 aromatic rings. The fourth-order valence-corrected chi connectivity index (χ4v) is 4.92. The summed E-state index contributed by atoms with van der Waals surface area (Å²) >= 11 is 4.94. The minimum Gasteiger partial charge on any atom is -0.461 e. The van der Waals surface area contributed by atoms with E-state index in [0.29, 0.717) is 18.4 Å². The van der Waals surface area contributed by atoms with Crippen molar-refractivity contribution in [2.75, 3.05) is 30.4 Å². The Bertz CT molecular complexity index is 472. The number of thiazole rings is 1. The van der Waals surface area contributed by atoms with Gasteiger partial charge in [0.15, 0.2) is 0 Å². The number of ether oxygens (including phenoxy) is 1. The number of carbonyl (C=O) groups excluding carboxylic acids is 2. The van der Waals surface area contributed by atoms with E-state index in [0.717, 1.165) is 22.8 Å². The van der Waals surface area contributed by atoms with Gasteiger partial charge in [0, 0.05) is 34.4 Å². The van der Waals surface area contributed by atoms with Crippen LogP contribution in [0.1, 0.15) is 27.2 Å². The molecule has 1 unspecified atom stereocenters. The summed E-state index contributed by atoms with van der Waals surface area (Å²) in [5, 5.41) is 5.14. The van der Waals surface area contributed by atoms with E-state index in [1.165, 1.54) is 5.75 Å². The van der Waals surface area contributed by atoms with Crippen molar-refractivity contribution in [1.82, 2.24) is 10.3 Å². The number of esters is 1. The van der Waals surface area contributed by atoms with Crippen molar-refractivity contribution in [3.63, 3.8) is 0 Å². The molecule has 1 N–H and O–H groups in total. The first-order valence-electron chi connectivity index (χ1n) is 6.31. The van der Waals surface area contributed by atoms with Crippen LogP contribution in [0.4, 0.5) is 0 Å². The van der Waals surface area contributed by atoms with E-state index in [-0.39, 0.29) is 16.6 Å². The van der Waals surface area contributed by atoms with Gasteiger partial charge in [-0.3, -0.25) is 4.79 Å². The molecule has 1 aromatic heterocycles. The van der Waals surface area contributed by atoms with Gasteiger partial charge in [0.05, 0.1) is 6.61 Å². The smallest absolute Gasteiger partial charge is 0.367 e.